The third-order valence-corrected chi connectivity index (χ3v) is 9.08. The Kier molecular flexibility index (Phi) is 3.93. The molecule has 0 N–H and O–H groups in total. The maximum absolute atomic E-state index is 12.7. The molecule has 4 rings (SSSR count). The molecule has 0 saturated heterocycles. The standard InChI is InChI=1S/C22H36O/c1-15-7-8-18-16-11-14-22(3)19(5-4-6-20(22)23)17(16)10-13-21(18,2)12-9-15/h15-19H,4-14H2,1-3H3/t15-,16?,17+,18+,19?,21-,22-/m0/s1. The van der Waals surface area contributed by atoms with Crippen molar-refractivity contribution < 1.29 is 4.79 Å². The third kappa shape index (κ3) is 2.44. The van der Waals surface area contributed by atoms with Crippen molar-refractivity contribution in [2.24, 2.45) is 40.4 Å². The lowest BCUT2D eigenvalue weighted by Crippen LogP contribution is -2.53. The van der Waals surface area contributed by atoms with Gasteiger partial charge in [0.15, 0.2) is 0 Å². The van der Waals surface area contributed by atoms with E-state index in [-0.39, 0.29) is 5.41 Å². The second-order valence-electron chi connectivity index (χ2n) is 10.2. The van der Waals surface area contributed by atoms with E-state index in [0.717, 1.165) is 30.1 Å². The average Bonchev–Trinajstić information content (AvgIpc) is 2.68. The van der Waals surface area contributed by atoms with E-state index in [1.165, 1.54) is 64.2 Å². The Hall–Kier alpha value is -0.330. The summed E-state index contributed by atoms with van der Waals surface area (Å²) in [5, 5.41) is 0. The highest BCUT2D eigenvalue weighted by Gasteiger charge is 2.57. The molecule has 0 spiro atoms. The maximum Gasteiger partial charge on any atom is 0.139 e. The first kappa shape index (κ1) is 16.2. The predicted molar refractivity (Wildman–Crippen MR) is 95.1 cm³/mol. The van der Waals surface area contributed by atoms with Gasteiger partial charge in [0.2, 0.25) is 0 Å². The summed E-state index contributed by atoms with van der Waals surface area (Å²) >= 11 is 0. The fourth-order valence-electron chi connectivity index (χ4n) is 7.45. The van der Waals surface area contributed by atoms with E-state index in [1.54, 1.807) is 0 Å². The molecule has 4 saturated carbocycles. The summed E-state index contributed by atoms with van der Waals surface area (Å²) in [7, 11) is 0. The fourth-order valence-corrected chi connectivity index (χ4v) is 7.45. The first-order chi connectivity index (χ1) is 10.9. The van der Waals surface area contributed by atoms with Gasteiger partial charge in [-0.25, -0.2) is 0 Å². The smallest absolute Gasteiger partial charge is 0.139 e. The van der Waals surface area contributed by atoms with Crippen LogP contribution in [-0.2, 0) is 4.79 Å². The zero-order chi connectivity index (χ0) is 16.2. The molecular weight excluding hydrogens is 280 g/mol. The van der Waals surface area contributed by atoms with Gasteiger partial charge in [-0.15, -0.1) is 0 Å². The summed E-state index contributed by atoms with van der Waals surface area (Å²) in [4.78, 5) is 12.7. The van der Waals surface area contributed by atoms with Gasteiger partial charge in [-0.1, -0.05) is 33.6 Å². The highest BCUT2D eigenvalue weighted by Crippen LogP contribution is 2.63. The molecule has 0 bridgehead atoms. The zero-order valence-corrected chi connectivity index (χ0v) is 15.6. The van der Waals surface area contributed by atoms with E-state index < -0.39 is 0 Å². The Morgan fingerprint density at radius 1 is 0.826 bits per heavy atom. The summed E-state index contributed by atoms with van der Waals surface area (Å²) < 4.78 is 0. The third-order valence-electron chi connectivity index (χ3n) is 9.08. The lowest BCUT2D eigenvalue weighted by molar-refractivity contribution is -0.149. The molecular formula is C22H36O. The molecule has 130 valence electrons. The van der Waals surface area contributed by atoms with E-state index in [2.05, 4.69) is 20.8 Å². The quantitative estimate of drug-likeness (QED) is 0.534. The molecule has 0 aromatic heterocycles. The lowest BCUT2D eigenvalue weighted by atomic mass is 9.45. The number of hydrogen-bond acceptors (Lipinski definition) is 1. The second-order valence-corrected chi connectivity index (χ2v) is 10.2. The normalized spacial score (nSPS) is 53.7. The summed E-state index contributed by atoms with van der Waals surface area (Å²) in [5.74, 6) is 5.00. The molecule has 0 heterocycles. The number of Topliss-reactive ketones (excluding diaryl/α,β-unsaturated/α-hetero) is 1. The van der Waals surface area contributed by atoms with Crippen LogP contribution in [0.5, 0.6) is 0 Å². The molecule has 7 atom stereocenters. The van der Waals surface area contributed by atoms with Crippen molar-refractivity contribution in [2.75, 3.05) is 0 Å². The maximum atomic E-state index is 12.7. The van der Waals surface area contributed by atoms with Crippen LogP contribution in [0.4, 0.5) is 0 Å². The van der Waals surface area contributed by atoms with Gasteiger partial charge in [-0.3, -0.25) is 4.79 Å². The minimum absolute atomic E-state index is 0.0468. The summed E-state index contributed by atoms with van der Waals surface area (Å²) in [6.07, 6.45) is 14.6. The predicted octanol–water partition coefficient (Wildman–Crippen LogP) is 6.01. The molecule has 2 unspecified atom stereocenters. The minimum atomic E-state index is 0.0468. The van der Waals surface area contributed by atoms with E-state index in [4.69, 9.17) is 0 Å². The van der Waals surface area contributed by atoms with Crippen LogP contribution in [0.2, 0.25) is 0 Å². The van der Waals surface area contributed by atoms with E-state index in [1.807, 2.05) is 0 Å². The fraction of sp³-hybridized carbons (Fsp3) is 0.955. The van der Waals surface area contributed by atoms with Crippen LogP contribution in [0.25, 0.3) is 0 Å². The average molecular weight is 317 g/mol. The summed E-state index contributed by atoms with van der Waals surface area (Å²) in [6, 6.07) is 0. The summed E-state index contributed by atoms with van der Waals surface area (Å²) in [6.45, 7) is 7.42. The van der Waals surface area contributed by atoms with Crippen molar-refractivity contribution >= 4 is 5.78 Å². The highest BCUT2D eigenvalue weighted by atomic mass is 16.1. The Morgan fingerprint density at radius 2 is 1.52 bits per heavy atom. The molecule has 0 aromatic carbocycles. The molecule has 4 aliphatic rings. The SMILES string of the molecule is C[C@H]1CC[C@@H]2C3CC[C@]4(C)C(=O)CCCC4[C@@H]3CC[C@]2(C)CC1. The number of carbonyl (C=O) groups excluding carboxylic acids is 1. The molecule has 23 heavy (non-hydrogen) atoms. The van der Waals surface area contributed by atoms with Crippen molar-refractivity contribution in [3.8, 4) is 0 Å². The molecule has 0 aromatic rings. The number of fused-ring (bicyclic) bond motifs is 5. The van der Waals surface area contributed by atoms with Crippen molar-refractivity contribution in [1.29, 1.82) is 0 Å². The van der Waals surface area contributed by atoms with Crippen LogP contribution in [0, 0.1) is 40.4 Å². The van der Waals surface area contributed by atoms with E-state index in [9.17, 15) is 4.79 Å². The molecule has 0 radical (unpaired) electrons. The van der Waals surface area contributed by atoms with Crippen LogP contribution in [-0.4, -0.2) is 5.78 Å². The van der Waals surface area contributed by atoms with E-state index >= 15 is 0 Å². The lowest BCUT2D eigenvalue weighted by Gasteiger charge is -2.59. The first-order valence-corrected chi connectivity index (χ1v) is 10.5. The Morgan fingerprint density at radius 3 is 2.35 bits per heavy atom. The van der Waals surface area contributed by atoms with Crippen molar-refractivity contribution in [2.45, 2.75) is 91.4 Å². The number of hydrogen-bond donors (Lipinski definition) is 0. The van der Waals surface area contributed by atoms with Gasteiger partial charge in [0.25, 0.3) is 0 Å². The van der Waals surface area contributed by atoms with Gasteiger partial charge in [0, 0.05) is 11.8 Å². The second kappa shape index (κ2) is 5.60. The number of rotatable bonds is 0. The van der Waals surface area contributed by atoms with Gasteiger partial charge >= 0.3 is 0 Å². The molecule has 0 aliphatic heterocycles. The van der Waals surface area contributed by atoms with Gasteiger partial charge < -0.3 is 0 Å². The van der Waals surface area contributed by atoms with Crippen molar-refractivity contribution in [1.82, 2.24) is 0 Å². The van der Waals surface area contributed by atoms with Gasteiger partial charge in [-0.05, 0) is 86.4 Å². The Balaban J connectivity index is 1.62. The van der Waals surface area contributed by atoms with E-state index in [0.29, 0.717) is 17.1 Å². The Labute approximate surface area is 143 Å². The first-order valence-electron chi connectivity index (χ1n) is 10.5. The number of ketones is 1. The van der Waals surface area contributed by atoms with Crippen molar-refractivity contribution in [3.05, 3.63) is 0 Å². The molecule has 4 fully saturated rings. The van der Waals surface area contributed by atoms with Crippen LogP contribution < -0.4 is 0 Å². The monoisotopic (exact) mass is 316 g/mol. The van der Waals surface area contributed by atoms with Crippen LogP contribution in [0.1, 0.15) is 91.4 Å². The Bertz CT molecular complexity index is 482. The van der Waals surface area contributed by atoms with Crippen molar-refractivity contribution in [3.63, 3.8) is 0 Å². The molecule has 1 heteroatoms. The number of carbonyl (C=O) groups is 1. The summed E-state index contributed by atoms with van der Waals surface area (Å²) in [5.41, 5.74) is 0.656. The van der Waals surface area contributed by atoms with Gasteiger partial charge in [0.05, 0.1) is 0 Å². The molecule has 0 amide bonds. The van der Waals surface area contributed by atoms with Crippen LogP contribution in [0.15, 0.2) is 0 Å². The molecule has 4 aliphatic carbocycles. The van der Waals surface area contributed by atoms with Crippen LogP contribution in [0.3, 0.4) is 0 Å². The topological polar surface area (TPSA) is 17.1 Å². The minimum Gasteiger partial charge on any atom is -0.299 e. The van der Waals surface area contributed by atoms with Gasteiger partial charge in [0.1, 0.15) is 5.78 Å². The van der Waals surface area contributed by atoms with Crippen LogP contribution >= 0.6 is 0 Å². The van der Waals surface area contributed by atoms with Gasteiger partial charge in [-0.2, -0.15) is 0 Å². The molecule has 1 nitrogen and oxygen atoms in total. The zero-order valence-electron chi connectivity index (χ0n) is 15.6. The highest BCUT2D eigenvalue weighted by molar-refractivity contribution is 5.85. The largest absolute Gasteiger partial charge is 0.299 e.